The Morgan fingerprint density at radius 2 is 2.19 bits per heavy atom. The highest BCUT2D eigenvalue weighted by Gasteiger charge is 2.25. The molecule has 116 valence electrons. The first-order valence-electron chi connectivity index (χ1n) is 7.81. The van der Waals surface area contributed by atoms with E-state index in [0.29, 0.717) is 12.5 Å². The largest absolute Gasteiger partial charge is 0.368 e. The van der Waals surface area contributed by atoms with E-state index >= 15 is 0 Å². The van der Waals surface area contributed by atoms with Gasteiger partial charge in [0, 0.05) is 19.4 Å². The van der Waals surface area contributed by atoms with Crippen molar-refractivity contribution in [3.8, 4) is 0 Å². The normalized spacial score (nSPS) is 22.0. The molecule has 1 aliphatic rings. The molecular formula is C16H25N3O2. The molecule has 21 heavy (non-hydrogen) atoms. The molecule has 0 aliphatic heterocycles. The zero-order valence-electron chi connectivity index (χ0n) is 13.0. The molecule has 1 saturated carbocycles. The number of carbonyl (C=O) groups is 1. The maximum absolute atomic E-state index is 12.1. The van der Waals surface area contributed by atoms with E-state index < -0.39 is 0 Å². The topological polar surface area (TPSA) is 55.3 Å². The minimum atomic E-state index is 0.001000. The predicted molar refractivity (Wildman–Crippen MR) is 80.5 cm³/mol. The van der Waals surface area contributed by atoms with Gasteiger partial charge in [0.15, 0.2) is 0 Å². The number of hydrogen-bond acceptors (Lipinski definition) is 4. The van der Waals surface area contributed by atoms with Gasteiger partial charge in [-0.15, -0.1) is 0 Å². The Morgan fingerprint density at radius 1 is 1.38 bits per heavy atom. The van der Waals surface area contributed by atoms with Crippen LogP contribution in [0.4, 0.5) is 0 Å². The lowest BCUT2D eigenvalue weighted by molar-refractivity contribution is -0.139. The summed E-state index contributed by atoms with van der Waals surface area (Å²) in [4.78, 5) is 22.0. The van der Waals surface area contributed by atoms with Crippen LogP contribution in [0.3, 0.4) is 0 Å². The molecule has 2 atom stereocenters. The Hall–Kier alpha value is -1.49. The van der Waals surface area contributed by atoms with Crippen molar-refractivity contribution in [2.75, 3.05) is 13.7 Å². The molecule has 1 aliphatic carbocycles. The summed E-state index contributed by atoms with van der Waals surface area (Å²) in [5.41, 5.74) is 0.789. The molecule has 1 amide bonds. The third-order valence-electron chi connectivity index (χ3n) is 4.23. The molecule has 2 unspecified atom stereocenters. The molecule has 5 heteroatoms. The molecule has 0 aromatic carbocycles. The molecule has 0 bridgehead atoms. The number of amides is 1. The molecular weight excluding hydrogens is 266 g/mol. The highest BCUT2D eigenvalue weighted by Crippen LogP contribution is 2.29. The Balaban J connectivity index is 1.78. The highest BCUT2D eigenvalue weighted by molar-refractivity contribution is 5.77. The van der Waals surface area contributed by atoms with Crippen molar-refractivity contribution in [2.24, 2.45) is 5.92 Å². The van der Waals surface area contributed by atoms with Crippen molar-refractivity contribution < 1.29 is 9.53 Å². The second-order valence-electron chi connectivity index (χ2n) is 5.75. The van der Waals surface area contributed by atoms with E-state index in [1.165, 1.54) is 19.3 Å². The van der Waals surface area contributed by atoms with Gasteiger partial charge in [0.1, 0.15) is 6.61 Å². The number of likely N-dealkylation sites (N-methyl/N-ethyl adjacent to an activating group) is 1. The van der Waals surface area contributed by atoms with E-state index in [4.69, 9.17) is 4.74 Å². The first-order valence-corrected chi connectivity index (χ1v) is 7.81. The predicted octanol–water partition coefficient (Wildman–Crippen LogP) is 2.42. The van der Waals surface area contributed by atoms with Crippen LogP contribution in [-0.4, -0.2) is 40.5 Å². The minimum Gasteiger partial charge on any atom is -0.368 e. The molecule has 2 rings (SSSR count). The zero-order valence-corrected chi connectivity index (χ0v) is 13.0. The summed E-state index contributed by atoms with van der Waals surface area (Å²) in [6, 6.07) is 0. The zero-order chi connectivity index (χ0) is 15.1. The van der Waals surface area contributed by atoms with Gasteiger partial charge in [-0.05, 0) is 18.8 Å². The lowest BCUT2D eigenvalue weighted by Crippen LogP contribution is -2.34. The van der Waals surface area contributed by atoms with Crippen LogP contribution in [0.2, 0.25) is 0 Å². The molecule has 0 spiro atoms. The van der Waals surface area contributed by atoms with Crippen molar-refractivity contribution >= 4 is 5.91 Å². The molecule has 1 fully saturated rings. The maximum Gasteiger partial charge on any atom is 0.248 e. The van der Waals surface area contributed by atoms with Gasteiger partial charge in [-0.1, -0.05) is 26.2 Å². The van der Waals surface area contributed by atoms with E-state index in [0.717, 1.165) is 18.5 Å². The van der Waals surface area contributed by atoms with Crippen LogP contribution in [0.1, 0.15) is 44.7 Å². The van der Waals surface area contributed by atoms with Crippen molar-refractivity contribution in [3.63, 3.8) is 0 Å². The second kappa shape index (κ2) is 8.08. The van der Waals surface area contributed by atoms with Crippen molar-refractivity contribution in [1.29, 1.82) is 0 Å². The lowest BCUT2D eigenvalue weighted by atomic mass is 9.85. The highest BCUT2D eigenvalue weighted by atomic mass is 16.5. The average Bonchev–Trinajstić information content (AvgIpc) is 2.53. The molecule has 1 heterocycles. The number of carbonyl (C=O) groups excluding carboxylic acids is 1. The van der Waals surface area contributed by atoms with Crippen molar-refractivity contribution in [2.45, 2.75) is 51.7 Å². The summed E-state index contributed by atoms with van der Waals surface area (Å²) >= 11 is 0. The summed E-state index contributed by atoms with van der Waals surface area (Å²) in [6.07, 6.45) is 11.1. The first kappa shape index (κ1) is 15.9. The fourth-order valence-electron chi connectivity index (χ4n) is 2.89. The lowest BCUT2D eigenvalue weighted by Gasteiger charge is -2.31. The molecule has 0 N–H and O–H groups in total. The van der Waals surface area contributed by atoms with Crippen LogP contribution in [0, 0.1) is 5.92 Å². The van der Waals surface area contributed by atoms with E-state index in [9.17, 15) is 4.79 Å². The number of ether oxygens (including phenoxy) is 1. The second-order valence-corrected chi connectivity index (χ2v) is 5.75. The molecule has 0 saturated heterocycles. The van der Waals surface area contributed by atoms with Crippen LogP contribution >= 0.6 is 0 Å². The van der Waals surface area contributed by atoms with Gasteiger partial charge < -0.3 is 9.64 Å². The third kappa shape index (κ3) is 4.77. The van der Waals surface area contributed by atoms with Crippen LogP contribution in [0.15, 0.2) is 18.6 Å². The van der Waals surface area contributed by atoms with E-state index in [1.807, 2.05) is 0 Å². The SMILES string of the molecule is CCC1CCCCC1OCC(=O)N(C)Cc1cnccn1. The standard InChI is InChI=1S/C16H25N3O2/c1-3-13-6-4-5-7-15(13)21-12-16(20)19(2)11-14-10-17-8-9-18-14/h8-10,13,15H,3-7,11-12H2,1-2H3. The maximum atomic E-state index is 12.1. The molecule has 5 nitrogen and oxygen atoms in total. The van der Waals surface area contributed by atoms with Crippen LogP contribution in [0.25, 0.3) is 0 Å². The number of aromatic nitrogens is 2. The van der Waals surface area contributed by atoms with Gasteiger partial charge in [-0.25, -0.2) is 0 Å². The monoisotopic (exact) mass is 291 g/mol. The Kier molecular flexibility index (Phi) is 6.11. The number of nitrogens with zero attached hydrogens (tertiary/aromatic N) is 3. The molecule has 1 aromatic rings. The summed E-state index contributed by atoms with van der Waals surface area (Å²) in [7, 11) is 1.78. The molecule has 0 radical (unpaired) electrons. The van der Waals surface area contributed by atoms with Crippen LogP contribution in [0.5, 0.6) is 0 Å². The van der Waals surface area contributed by atoms with Gasteiger partial charge in [0.25, 0.3) is 0 Å². The summed E-state index contributed by atoms with van der Waals surface area (Å²) < 4.78 is 5.88. The summed E-state index contributed by atoms with van der Waals surface area (Å²) in [6.45, 7) is 2.84. The smallest absolute Gasteiger partial charge is 0.248 e. The van der Waals surface area contributed by atoms with Gasteiger partial charge in [-0.3, -0.25) is 14.8 Å². The summed E-state index contributed by atoms with van der Waals surface area (Å²) in [5.74, 6) is 0.609. The molecule has 1 aromatic heterocycles. The van der Waals surface area contributed by atoms with Crippen LogP contribution in [-0.2, 0) is 16.1 Å². The fourth-order valence-corrected chi connectivity index (χ4v) is 2.89. The third-order valence-corrected chi connectivity index (χ3v) is 4.23. The Morgan fingerprint density at radius 3 is 2.90 bits per heavy atom. The first-order chi connectivity index (χ1) is 10.2. The Labute approximate surface area is 126 Å². The van der Waals surface area contributed by atoms with Crippen molar-refractivity contribution in [1.82, 2.24) is 14.9 Å². The van der Waals surface area contributed by atoms with Gasteiger partial charge in [-0.2, -0.15) is 0 Å². The van der Waals surface area contributed by atoms with E-state index in [1.54, 1.807) is 30.5 Å². The van der Waals surface area contributed by atoms with E-state index in [2.05, 4.69) is 16.9 Å². The van der Waals surface area contributed by atoms with Crippen molar-refractivity contribution in [3.05, 3.63) is 24.3 Å². The fraction of sp³-hybridized carbons (Fsp3) is 0.688. The quantitative estimate of drug-likeness (QED) is 0.807. The average molecular weight is 291 g/mol. The van der Waals surface area contributed by atoms with Gasteiger partial charge in [0.2, 0.25) is 5.91 Å². The number of rotatable bonds is 6. The summed E-state index contributed by atoms with van der Waals surface area (Å²) in [5, 5.41) is 0. The van der Waals surface area contributed by atoms with Gasteiger partial charge in [0.05, 0.1) is 24.5 Å². The van der Waals surface area contributed by atoms with E-state index in [-0.39, 0.29) is 18.6 Å². The minimum absolute atomic E-state index is 0.001000. The Bertz CT molecular complexity index is 438. The van der Waals surface area contributed by atoms with Crippen LogP contribution < -0.4 is 0 Å². The number of hydrogen-bond donors (Lipinski definition) is 0. The van der Waals surface area contributed by atoms with Gasteiger partial charge >= 0.3 is 0 Å².